The molecule has 19 heavy (non-hydrogen) atoms. The van der Waals surface area contributed by atoms with E-state index in [2.05, 4.69) is 19.2 Å². The maximum absolute atomic E-state index is 12.4. The molecule has 0 aliphatic carbocycles. The van der Waals surface area contributed by atoms with E-state index in [0.717, 1.165) is 6.42 Å². The maximum atomic E-state index is 12.4. The van der Waals surface area contributed by atoms with Crippen LogP contribution in [0.25, 0.3) is 0 Å². The van der Waals surface area contributed by atoms with Gasteiger partial charge in [-0.15, -0.1) is 0 Å². The Morgan fingerprint density at radius 3 is 2.42 bits per heavy atom. The van der Waals surface area contributed by atoms with Crippen LogP contribution in [0.5, 0.6) is 0 Å². The van der Waals surface area contributed by atoms with Crippen LogP contribution in [0, 0.1) is 5.92 Å². The maximum Gasteiger partial charge on any atom is 0.243 e. The Morgan fingerprint density at radius 2 is 2.00 bits per heavy atom. The van der Waals surface area contributed by atoms with Crippen molar-refractivity contribution in [3.8, 4) is 0 Å². The largest absolute Gasteiger partial charge is 0.325 e. The van der Waals surface area contributed by atoms with Gasteiger partial charge in [-0.25, -0.2) is 8.42 Å². The molecule has 1 heterocycles. The summed E-state index contributed by atoms with van der Waals surface area (Å²) in [6.45, 7) is 8.34. The molecule has 2 unspecified atom stereocenters. The summed E-state index contributed by atoms with van der Waals surface area (Å²) in [4.78, 5) is 14.1. The lowest BCUT2D eigenvalue weighted by Gasteiger charge is -2.25. The molecule has 6 heteroatoms. The SMILES string of the molecule is CCC1(C)NC(CC(C)C)N(CCS(C)(=O)=O)C1=O. The number of amides is 1. The Bertz CT molecular complexity index is 433. The van der Waals surface area contributed by atoms with Gasteiger partial charge in [0.2, 0.25) is 5.91 Å². The highest BCUT2D eigenvalue weighted by Crippen LogP contribution is 2.26. The molecule has 0 aromatic carbocycles. The van der Waals surface area contributed by atoms with Crippen LogP contribution >= 0.6 is 0 Å². The molecule has 0 spiro atoms. The van der Waals surface area contributed by atoms with E-state index >= 15 is 0 Å². The summed E-state index contributed by atoms with van der Waals surface area (Å²) in [5.74, 6) is 0.490. The van der Waals surface area contributed by atoms with E-state index in [1.807, 2.05) is 13.8 Å². The zero-order valence-electron chi connectivity index (χ0n) is 12.6. The lowest BCUT2D eigenvalue weighted by Crippen LogP contribution is -2.44. The van der Waals surface area contributed by atoms with Gasteiger partial charge in [0.15, 0.2) is 0 Å². The summed E-state index contributed by atoms with van der Waals surface area (Å²) in [5.41, 5.74) is -0.558. The summed E-state index contributed by atoms with van der Waals surface area (Å²) in [7, 11) is -3.05. The highest BCUT2D eigenvalue weighted by atomic mass is 32.2. The van der Waals surface area contributed by atoms with E-state index in [9.17, 15) is 13.2 Å². The number of carbonyl (C=O) groups excluding carboxylic acids is 1. The minimum Gasteiger partial charge on any atom is -0.325 e. The van der Waals surface area contributed by atoms with Crippen LogP contribution in [0.4, 0.5) is 0 Å². The predicted molar refractivity (Wildman–Crippen MR) is 76.5 cm³/mol. The Kier molecular flexibility index (Phi) is 5.01. The van der Waals surface area contributed by atoms with Crippen molar-refractivity contribution in [1.29, 1.82) is 0 Å². The minimum atomic E-state index is -3.05. The van der Waals surface area contributed by atoms with Gasteiger partial charge < -0.3 is 4.90 Å². The average molecular weight is 290 g/mol. The topological polar surface area (TPSA) is 66.5 Å². The monoisotopic (exact) mass is 290 g/mol. The third-order valence-electron chi connectivity index (χ3n) is 3.70. The number of hydrogen-bond donors (Lipinski definition) is 1. The number of nitrogens with one attached hydrogen (secondary N) is 1. The predicted octanol–water partition coefficient (Wildman–Crippen LogP) is 1.00. The number of hydrogen-bond acceptors (Lipinski definition) is 4. The van der Waals surface area contributed by atoms with Gasteiger partial charge in [0.05, 0.1) is 17.5 Å². The van der Waals surface area contributed by atoms with Gasteiger partial charge in [-0.05, 0) is 25.7 Å². The molecule has 112 valence electrons. The fourth-order valence-corrected chi connectivity index (χ4v) is 2.90. The summed E-state index contributed by atoms with van der Waals surface area (Å²) >= 11 is 0. The molecular formula is C13H26N2O3S. The van der Waals surface area contributed by atoms with Gasteiger partial charge >= 0.3 is 0 Å². The van der Waals surface area contributed by atoms with Crippen LogP contribution < -0.4 is 5.32 Å². The van der Waals surface area contributed by atoms with Gasteiger partial charge in [-0.3, -0.25) is 10.1 Å². The molecule has 1 rings (SSSR count). The Hall–Kier alpha value is -0.620. The minimum absolute atomic E-state index is 0.0179. The Morgan fingerprint density at radius 1 is 1.42 bits per heavy atom. The van der Waals surface area contributed by atoms with Crippen LogP contribution in [0.3, 0.4) is 0 Å². The van der Waals surface area contributed by atoms with Crippen molar-refractivity contribution in [2.45, 2.75) is 52.2 Å². The van der Waals surface area contributed by atoms with Crippen molar-refractivity contribution >= 4 is 15.7 Å². The van der Waals surface area contributed by atoms with Crippen molar-refractivity contribution in [3.05, 3.63) is 0 Å². The lowest BCUT2D eigenvalue weighted by molar-refractivity contribution is -0.132. The second kappa shape index (κ2) is 5.79. The average Bonchev–Trinajstić information content (AvgIpc) is 2.48. The van der Waals surface area contributed by atoms with Gasteiger partial charge in [0.1, 0.15) is 9.84 Å². The first-order valence-electron chi connectivity index (χ1n) is 6.85. The standard InChI is InChI=1S/C13H26N2O3S/c1-6-13(4)12(16)15(7-8-19(5,17)18)11(14-13)9-10(2)3/h10-11,14H,6-9H2,1-5H3. The first-order chi connectivity index (χ1) is 8.59. The van der Waals surface area contributed by atoms with Crippen molar-refractivity contribution in [2.24, 2.45) is 5.92 Å². The van der Waals surface area contributed by atoms with Crippen LogP contribution in [-0.2, 0) is 14.6 Å². The Balaban J connectivity index is 2.85. The third-order valence-corrected chi connectivity index (χ3v) is 4.62. The number of sulfone groups is 1. The molecular weight excluding hydrogens is 264 g/mol. The van der Waals surface area contributed by atoms with Gasteiger partial charge in [-0.1, -0.05) is 20.8 Å². The molecule has 0 aromatic rings. The molecule has 1 amide bonds. The molecule has 0 radical (unpaired) electrons. The quantitative estimate of drug-likeness (QED) is 0.792. The third kappa shape index (κ3) is 4.18. The van der Waals surface area contributed by atoms with Crippen LogP contribution in [-0.4, -0.2) is 49.5 Å². The van der Waals surface area contributed by atoms with E-state index in [-0.39, 0.29) is 24.4 Å². The molecule has 2 atom stereocenters. The number of carbonyl (C=O) groups is 1. The summed E-state index contributed by atoms with van der Waals surface area (Å²) in [6, 6.07) is 0. The second-order valence-corrected chi connectivity index (χ2v) is 8.36. The van der Waals surface area contributed by atoms with E-state index < -0.39 is 15.4 Å². The fraction of sp³-hybridized carbons (Fsp3) is 0.923. The normalized spacial score (nSPS) is 28.4. The number of rotatable bonds is 6. The van der Waals surface area contributed by atoms with E-state index in [0.29, 0.717) is 12.3 Å². The van der Waals surface area contributed by atoms with E-state index in [1.54, 1.807) is 4.90 Å². The van der Waals surface area contributed by atoms with Crippen molar-refractivity contribution in [1.82, 2.24) is 10.2 Å². The molecule has 0 aromatic heterocycles. The summed E-state index contributed by atoms with van der Waals surface area (Å²) in [5, 5.41) is 3.37. The van der Waals surface area contributed by atoms with Crippen molar-refractivity contribution < 1.29 is 13.2 Å². The van der Waals surface area contributed by atoms with E-state index in [1.165, 1.54) is 6.26 Å². The van der Waals surface area contributed by atoms with Gasteiger partial charge in [0, 0.05) is 12.8 Å². The molecule has 1 fully saturated rings. The van der Waals surface area contributed by atoms with Gasteiger partial charge in [-0.2, -0.15) is 0 Å². The molecule has 1 N–H and O–H groups in total. The van der Waals surface area contributed by atoms with Crippen molar-refractivity contribution in [2.75, 3.05) is 18.6 Å². The molecule has 1 aliphatic heterocycles. The highest BCUT2D eigenvalue weighted by Gasteiger charge is 2.46. The molecule has 1 aliphatic rings. The second-order valence-electron chi connectivity index (χ2n) is 6.10. The zero-order valence-corrected chi connectivity index (χ0v) is 13.4. The van der Waals surface area contributed by atoms with Gasteiger partial charge in [0.25, 0.3) is 0 Å². The first-order valence-corrected chi connectivity index (χ1v) is 8.91. The smallest absolute Gasteiger partial charge is 0.243 e. The van der Waals surface area contributed by atoms with Crippen LogP contribution in [0.1, 0.15) is 40.5 Å². The molecule has 1 saturated heterocycles. The summed E-state index contributed by atoms with van der Waals surface area (Å²) in [6.07, 6.45) is 2.69. The zero-order chi connectivity index (χ0) is 14.8. The molecule has 5 nitrogen and oxygen atoms in total. The van der Waals surface area contributed by atoms with E-state index in [4.69, 9.17) is 0 Å². The fourth-order valence-electron chi connectivity index (χ4n) is 2.37. The lowest BCUT2D eigenvalue weighted by atomic mass is 9.99. The Labute approximate surface area is 116 Å². The number of nitrogens with zero attached hydrogens (tertiary/aromatic N) is 1. The summed E-state index contributed by atoms with van der Waals surface area (Å²) < 4.78 is 22.6. The van der Waals surface area contributed by atoms with Crippen LogP contribution in [0.15, 0.2) is 0 Å². The molecule has 0 bridgehead atoms. The molecule has 0 saturated carbocycles. The highest BCUT2D eigenvalue weighted by molar-refractivity contribution is 7.90. The first kappa shape index (κ1) is 16.4. The van der Waals surface area contributed by atoms with Crippen LogP contribution in [0.2, 0.25) is 0 Å². The van der Waals surface area contributed by atoms with Crippen molar-refractivity contribution in [3.63, 3.8) is 0 Å².